The Morgan fingerprint density at radius 2 is 1.64 bits per heavy atom. The Hall–Kier alpha value is -3.77. The van der Waals surface area contributed by atoms with Crippen LogP contribution in [0.4, 0.5) is 0 Å². The number of rotatable bonds is 8. The van der Waals surface area contributed by atoms with Crippen LogP contribution < -0.4 is 9.47 Å². The van der Waals surface area contributed by atoms with Gasteiger partial charge in [0.05, 0.1) is 31.4 Å². The van der Waals surface area contributed by atoms with Gasteiger partial charge in [0.25, 0.3) is 5.91 Å². The van der Waals surface area contributed by atoms with Crippen molar-refractivity contribution >= 4 is 17.5 Å². The van der Waals surface area contributed by atoms with E-state index < -0.39 is 0 Å². The number of methoxy groups -OCH3 is 2. The number of amides is 1. The molecule has 7 heteroatoms. The summed E-state index contributed by atoms with van der Waals surface area (Å²) >= 11 is 6.30. The van der Waals surface area contributed by atoms with E-state index in [1.165, 1.54) is 0 Å². The van der Waals surface area contributed by atoms with Crippen LogP contribution in [-0.2, 0) is 13.1 Å². The molecule has 0 atom stereocenters. The summed E-state index contributed by atoms with van der Waals surface area (Å²) in [4.78, 5) is 15.1. The number of halogens is 1. The lowest BCUT2D eigenvalue weighted by Crippen LogP contribution is -2.30. The predicted molar refractivity (Wildman–Crippen MR) is 127 cm³/mol. The number of carbonyl (C=O) groups is 1. The average Bonchev–Trinajstić information content (AvgIpc) is 3.32. The zero-order chi connectivity index (χ0) is 23.2. The SMILES string of the molecule is COc1ccc(-c2cc(CN(Cc3ccccc3)C(=O)c3ccccc3Cl)no2)cc1OC. The van der Waals surface area contributed by atoms with Gasteiger partial charge in [-0.3, -0.25) is 4.79 Å². The minimum atomic E-state index is -0.180. The van der Waals surface area contributed by atoms with Crippen LogP contribution in [0.25, 0.3) is 11.3 Å². The molecule has 0 aliphatic rings. The first kappa shape index (κ1) is 22.4. The molecule has 0 aliphatic heterocycles. The highest BCUT2D eigenvalue weighted by Gasteiger charge is 2.21. The summed E-state index contributed by atoms with van der Waals surface area (Å²) in [5, 5.41) is 4.61. The molecule has 6 nitrogen and oxygen atoms in total. The van der Waals surface area contributed by atoms with E-state index in [4.69, 9.17) is 25.6 Å². The third-order valence-electron chi connectivity index (χ3n) is 5.19. The molecule has 4 aromatic rings. The summed E-state index contributed by atoms with van der Waals surface area (Å²) in [5.41, 5.74) is 2.86. The molecule has 33 heavy (non-hydrogen) atoms. The van der Waals surface area contributed by atoms with Gasteiger partial charge in [-0.2, -0.15) is 0 Å². The third-order valence-corrected chi connectivity index (χ3v) is 5.52. The van der Waals surface area contributed by atoms with Crippen molar-refractivity contribution < 1.29 is 18.8 Å². The van der Waals surface area contributed by atoms with Crippen LogP contribution in [0.1, 0.15) is 21.6 Å². The predicted octanol–water partition coefficient (Wildman–Crippen LogP) is 5.85. The van der Waals surface area contributed by atoms with Gasteiger partial charge >= 0.3 is 0 Å². The molecule has 1 heterocycles. The average molecular weight is 463 g/mol. The Kier molecular flexibility index (Phi) is 6.95. The van der Waals surface area contributed by atoms with Crippen molar-refractivity contribution in [3.05, 3.63) is 101 Å². The Morgan fingerprint density at radius 3 is 2.36 bits per heavy atom. The van der Waals surface area contributed by atoms with Gasteiger partial charge in [-0.1, -0.05) is 59.2 Å². The molecule has 0 unspecified atom stereocenters. The van der Waals surface area contributed by atoms with Crippen molar-refractivity contribution in [3.63, 3.8) is 0 Å². The first-order chi connectivity index (χ1) is 16.1. The van der Waals surface area contributed by atoms with Gasteiger partial charge in [-0.15, -0.1) is 0 Å². The normalized spacial score (nSPS) is 10.6. The van der Waals surface area contributed by atoms with E-state index in [9.17, 15) is 4.79 Å². The molecule has 1 amide bonds. The number of nitrogens with zero attached hydrogens (tertiary/aromatic N) is 2. The van der Waals surface area contributed by atoms with Crippen LogP contribution in [-0.4, -0.2) is 30.2 Å². The zero-order valence-electron chi connectivity index (χ0n) is 18.3. The molecule has 1 aromatic heterocycles. The van der Waals surface area contributed by atoms with Crippen molar-refractivity contribution in [1.29, 1.82) is 0 Å². The zero-order valence-corrected chi connectivity index (χ0v) is 19.1. The van der Waals surface area contributed by atoms with Crippen LogP contribution in [0, 0.1) is 0 Å². The number of aromatic nitrogens is 1. The molecule has 0 aliphatic carbocycles. The molecular formula is C26H23ClN2O4. The molecule has 0 bridgehead atoms. The maximum absolute atomic E-state index is 13.4. The van der Waals surface area contributed by atoms with E-state index in [0.717, 1.165) is 11.1 Å². The minimum absolute atomic E-state index is 0.180. The van der Waals surface area contributed by atoms with Crippen LogP contribution in [0.15, 0.2) is 83.4 Å². The van der Waals surface area contributed by atoms with E-state index in [1.54, 1.807) is 49.5 Å². The maximum Gasteiger partial charge on any atom is 0.256 e. The van der Waals surface area contributed by atoms with Crippen molar-refractivity contribution in [2.75, 3.05) is 14.2 Å². The lowest BCUT2D eigenvalue weighted by Gasteiger charge is -2.22. The van der Waals surface area contributed by atoms with E-state index >= 15 is 0 Å². The Labute approximate surface area is 197 Å². The first-order valence-electron chi connectivity index (χ1n) is 10.3. The fourth-order valence-electron chi connectivity index (χ4n) is 3.52. The van der Waals surface area contributed by atoms with E-state index in [1.807, 2.05) is 48.5 Å². The maximum atomic E-state index is 13.4. The van der Waals surface area contributed by atoms with E-state index in [0.29, 0.717) is 40.1 Å². The highest BCUT2D eigenvalue weighted by Crippen LogP contribution is 2.32. The molecule has 0 saturated heterocycles. The number of carbonyl (C=O) groups excluding carboxylic acids is 1. The Bertz CT molecular complexity index is 1240. The fourth-order valence-corrected chi connectivity index (χ4v) is 3.73. The summed E-state index contributed by atoms with van der Waals surface area (Å²) in [6, 6.07) is 24.1. The second-order valence-electron chi connectivity index (χ2n) is 7.38. The molecule has 3 aromatic carbocycles. The Balaban J connectivity index is 1.61. The van der Waals surface area contributed by atoms with Gasteiger partial charge in [-0.05, 0) is 35.9 Å². The van der Waals surface area contributed by atoms with Gasteiger partial charge in [0, 0.05) is 18.2 Å². The first-order valence-corrected chi connectivity index (χ1v) is 10.7. The second kappa shape index (κ2) is 10.2. The largest absolute Gasteiger partial charge is 0.493 e. The van der Waals surface area contributed by atoms with Crippen LogP contribution >= 0.6 is 11.6 Å². The van der Waals surface area contributed by atoms with Crippen molar-refractivity contribution in [2.24, 2.45) is 0 Å². The summed E-state index contributed by atoms with van der Waals surface area (Å²) in [6.07, 6.45) is 0. The summed E-state index contributed by atoms with van der Waals surface area (Å²) in [7, 11) is 3.16. The molecule has 0 N–H and O–H groups in total. The molecule has 0 saturated carbocycles. The van der Waals surface area contributed by atoms with Gasteiger partial charge < -0.3 is 18.9 Å². The van der Waals surface area contributed by atoms with Crippen LogP contribution in [0.3, 0.4) is 0 Å². The van der Waals surface area contributed by atoms with Gasteiger partial charge in [0.15, 0.2) is 17.3 Å². The van der Waals surface area contributed by atoms with Crippen molar-refractivity contribution in [2.45, 2.75) is 13.1 Å². The molecular weight excluding hydrogens is 440 g/mol. The van der Waals surface area contributed by atoms with E-state index in [-0.39, 0.29) is 12.5 Å². The lowest BCUT2D eigenvalue weighted by atomic mass is 10.1. The topological polar surface area (TPSA) is 64.8 Å². The van der Waals surface area contributed by atoms with Crippen molar-refractivity contribution in [1.82, 2.24) is 10.1 Å². The monoisotopic (exact) mass is 462 g/mol. The second-order valence-corrected chi connectivity index (χ2v) is 7.79. The van der Waals surface area contributed by atoms with Gasteiger partial charge in [-0.25, -0.2) is 0 Å². The molecule has 4 rings (SSSR count). The van der Waals surface area contributed by atoms with Gasteiger partial charge in [0.2, 0.25) is 0 Å². The fraction of sp³-hybridized carbons (Fsp3) is 0.154. The number of benzene rings is 3. The third kappa shape index (κ3) is 5.18. The molecule has 0 fully saturated rings. The van der Waals surface area contributed by atoms with Gasteiger partial charge in [0.1, 0.15) is 5.69 Å². The number of ether oxygens (including phenoxy) is 2. The summed E-state index contributed by atoms with van der Waals surface area (Å²) in [5.74, 6) is 1.60. The highest BCUT2D eigenvalue weighted by molar-refractivity contribution is 6.33. The molecule has 0 spiro atoms. The molecule has 0 radical (unpaired) electrons. The molecule has 168 valence electrons. The van der Waals surface area contributed by atoms with Crippen molar-refractivity contribution in [3.8, 4) is 22.8 Å². The summed E-state index contributed by atoms with van der Waals surface area (Å²) in [6.45, 7) is 0.666. The highest BCUT2D eigenvalue weighted by atomic mass is 35.5. The lowest BCUT2D eigenvalue weighted by molar-refractivity contribution is 0.0726. The van der Waals surface area contributed by atoms with E-state index in [2.05, 4.69) is 5.16 Å². The summed E-state index contributed by atoms with van der Waals surface area (Å²) < 4.78 is 16.2. The Morgan fingerprint density at radius 1 is 0.909 bits per heavy atom. The van der Waals surface area contributed by atoms with Crippen LogP contribution in [0.5, 0.6) is 11.5 Å². The quantitative estimate of drug-likeness (QED) is 0.328. The number of hydrogen-bond donors (Lipinski definition) is 0. The number of hydrogen-bond acceptors (Lipinski definition) is 5. The smallest absolute Gasteiger partial charge is 0.256 e. The standard InChI is InChI=1S/C26H23ClN2O4/c1-31-23-13-12-19(14-25(23)32-2)24-15-20(28-33-24)17-29(16-18-8-4-3-5-9-18)26(30)21-10-6-7-11-22(21)27/h3-15H,16-17H2,1-2H3. The minimum Gasteiger partial charge on any atom is -0.493 e. The van der Waals surface area contributed by atoms with Crippen LogP contribution in [0.2, 0.25) is 5.02 Å².